The standard InChI is InChI=1S/C17H19Br2N/c1-13(2)20(12-14-6-4-3-5-7-14)17-10-16(19)9-8-15(17)11-18/h3-10,13H,11-12H2,1-2H3. The van der Waals surface area contributed by atoms with Crippen molar-refractivity contribution in [2.75, 3.05) is 4.90 Å². The van der Waals surface area contributed by atoms with Crippen LogP contribution in [0.2, 0.25) is 0 Å². The number of rotatable bonds is 5. The highest BCUT2D eigenvalue weighted by Crippen LogP contribution is 2.29. The van der Waals surface area contributed by atoms with Gasteiger partial charge in [-0.15, -0.1) is 0 Å². The first-order chi connectivity index (χ1) is 9.61. The fourth-order valence-corrected chi connectivity index (χ4v) is 3.07. The Bertz CT molecular complexity index is 552. The molecular weight excluding hydrogens is 378 g/mol. The van der Waals surface area contributed by atoms with Gasteiger partial charge in [-0.05, 0) is 37.1 Å². The fourth-order valence-electron chi connectivity index (χ4n) is 2.24. The van der Waals surface area contributed by atoms with Gasteiger partial charge in [0.25, 0.3) is 0 Å². The fraction of sp³-hybridized carbons (Fsp3) is 0.294. The van der Waals surface area contributed by atoms with E-state index in [0.717, 1.165) is 16.3 Å². The average Bonchev–Trinajstić information content (AvgIpc) is 2.45. The Labute approximate surface area is 138 Å². The van der Waals surface area contributed by atoms with E-state index in [2.05, 4.69) is 99.1 Å². The second-order valence-corrected chi connectivity index (χ2v) is 6.59. The Morgan fingerprint density at radius 2 is 1.75 bits per heavy atom. The first-order valence-corrected chi connectivity index (χ1v) is 8.68. The Hall–Kier alpha value is -0.800. The van der Waals surface area contributed by atoms with Crippen LogP contribution >= 0.6 is 31.9 Å². The molecule has 2 aromatic carbocycles. The normalized spacial score (nSPS) is 10.8. The van der Waals surface area contributed by atoms with Crippen LogP contribution in [0.15, 0.2) is 53.0 Å². The van der Waals surface area contributed by atoms with Gasteiger partial charge in [-0.3, -0.25) is 0 Å². The Kier molecular flexibility index (Phi) is 5.67. The molecule has 0 heterocycles. The second-order valence-electron chi connectivity index (χ2n) is 5.11. The summed E-state index contributed by atoms with van der Waals surface area (Å²) in [7, 11) is 0. The lowest BCUT2D eigenvalue weighted by atomic mass is 10.1. The number of anilines is 1. The molecule has 0 unspecified atom stereocenters. The van der Waals surface area contributed by atoms with E-state index in [9.17, 15) is 0 Å². The minimum atomic E-state index is 0.447. The Morgan fingerprint density at radius 1 is 1.05 bits per heavy atom. The highest BCUT2D eigenvalue weighted by atomic mass is 79.9. The van der Waals surface area contributed by atoms with Crippen molar-refractivity contribution in [1.82, 2.24) is 0 Å². The first kappa shape index (κ1) is 15.6. The van der Waals surface area contributed by atoms with Gasteiger partial charge >= 0.3 is 0 Å². The van der Waals surface area contributed by atoms with E-state index in [1.807, 2.05) is 0 Å². The van der Waals surface area contributed by atoms with Crippen molar-refractivity contribution in [1.29, 1.82) is 0 Å². The molecule has 20 heavy (non-hydrogen) atoms. The highest BCUT2D eigenvalue weighted by Gasteiger charge is 2.15. The quantitative estimate of drug-likeness (QED) is 0.580. The molecule has 2 rings (SSSR count). The molecule has 0 bridgehead atoms. The minimum Gasteiger partial charge on any atom is -0.364 e. The van der Waals surface area contributed by atoms with E-state index in [1.54, 1.807) is 0 Å². The Morgan fingerprint density at radius 3 is 2.35 bits per heavy atom. The van der Waals surface area contributed by atoms with Gasteiger partial charge in [0.2, 0.25) is 0 Å². The minimum absolute atomic E-state index is 0.447. The number of benzene rings is 2. The van der Waals surface area contributed by atoms with Crippen LogP contribution in [0.3, 0.4) is 0 Å². The monoisotopic (exact) mass is 395 g/mol. The van der Waals surface area contributed by atoms with Gasteiger partial charge < -0.3 is 4.90 Å². The van der Waals surface area contributed by atoms with Crippen LogP contribution in [0, 0.1) is 0 Å². The lowest BCUT2D eigenvalue weighted by molar-refractivity contribution is 0.680. The molecule has 0 radical (unpaired) electrons. The summed E-state index contributed by atoms with van der Waals surface area (Å²) >= 11 is 7.18. The summed E-state index contributed by atoms with van der Waals surface area (Å²) in [5.74, 6) is 0. The van der Waals surface area contributed by atoms with E-state index in [4.69, 9.17) is 0 Å². The molecule has 0 aliphatic rings. The van der Waals surface area contributed by atoms with Crippen molar-refractivity contribution in [3.8, 4) is 0 Å². The van der Waals surface area contributed by atoms with Crippen LogP contribution in [-0.4, -0.2) is 6.04 Å². The van der Waals surface area contributed by atoms with Gasteiger partial charge in [0.05, 0.1) is 0 Å². The summed E-state index contributed by atoms with van der Waals surface area (Å²) < 4.78 is 1.12. The van der Waals surface area contributed by atoms with Crippen molar-refractivity contribution in [3.05, 3.63) is 64.1 Å². The van der Waals surface area contributed by atoms with E-state index in [1.165, 1.54) is 16.8 Å². The maximum Gasteiger partial charge on any atom is 0.0432 e. The first-order valence-electron chi connectivity index (χ1n) is 6.76. The molecule has 0 aromatic heterocycles. The van der Waals surface area contributed by atoms with Gasteiger partial charge in [-0.2, -0.15) is 0 Å². The third kappa shape index (κ3) is 3.86. The van der Waals surface area contributed by atoms with E-state index >= 15 is 0 Å². The van der Waals surface area contributed by atoms with Crippen LogP contribution < -0.4 is 4.90 Å². The molecule has 0 N–H and O–H groups in total. The number of hydrogen-bond acceptors (Lipinski definition) is 1. The molecule has 1 nitrogen and oxygen atoms in total. The zero-order chi connectivity index (χ0) is 14.5. The molecule has 106 valence electrons. The molecule has 0 atom stereocenters. The second kappa shape index (κ2) is 7.28. The zero-order valence-corrected chi connectivity index (χ0v) is 15.0. The summed E-state index contributed by atoms with van der Waals surface area (Å²) in [6.07, 6.45) is 0. The summed E-state index contributed by atoms with van der Waals surface area (Å²) in [5, 5.41) is 0.869. The number of halogens is 2. The molecule has 2 aromatic rings. The smallest absolute Gasteiger partial charge is 0.0432 e. The topological polar surface area (TPSA) is 3.24 Å². The molecule has 0 amide bonds. The molecule has 0 fully saturated rings. The van der Waals surface area contributed by atoms with Crippen LogP contribution in [0.25, 0.3) is 0 Å². The lowest BCUT2D eigenvalue weighted by Crippen LogP contribution is -2.30. The zero-order valence-electron chi connectivity index (χ0n) is 11.8. The summed E-state index contributed by atoms with van der Waals surface area (Å²) in [6.45, 7) is 5.40. The maximum absolute atomic E-state index is 3.59. The molecule has 3 heteroatoms. The molecule has 0 aliphatic heterocycles. The van der Waals surface area contributed by atoms with Crippen molar-refractivity contribution in [2.45, 2.75) is 31.8 Å². The van der Waals surface area contributed by atoms with Crippen molar-refractivity contribution >= 4 is 37.5 Å². The van der Waals surface area contributed by atoms with Crippen LogP contribution in [0.5, 0.6) is 0 Å². The van der Waals surface area contributed by atoms with E-state index < -0.39 is 0 Å². The predicted molar refractivity (Wildman–Crippen MR) is 94.5 cm³/mol. The number of alkyl halides is 1. The SMILES string of the molecule is CC(C)N(Cc1ccccc1)c1cc(Br)ccc1CBr. The third-order valence-electron chi connectivity index (χ3n) is 3.32. The molecule has 0 spiro atoms. The van der Waals surface area contributed by atoms with Gasteiger partial charge in [-0.25, -0.2) is 0 Å². The summed E-state index contributed by atoms with van der Waals surface area (Å²) in [5.41, 5.74) is 3.94. The van der Waals surface area contributed by atoms with E-state index in [0.29, 0.717) is 6.04 Å². The predicted octanol–water partition coefficient (Wildman–Crippen LogP) is 5.76. The van der Waals surface area contributed by atoms with Gasteiger partial charge in [0.1, 0.15) is 0 Å². The van der Waals surface area contributed by atoms with Crippen molar-refractivity contribution in [3.63, 3.8) is 0 Å². The summed E-state index contributed by atoms with van der Waals surface area (Å²) in [4.78, 5) is 2.44. The highest BCUT2D eigenvalue weighted by molar-refractivity contribution is 9.10. The van der Waals surface area contributed by atoms with Crippen molar-refractivity contribution < 1.29 is 0 Å². The maximum atomic E-state index is 3.59. The third-order valence-corrected chi connectivity index (χ3v) is 4.42. The number of hydrogen-bond donors (Lipinski definition) is 0. The van der Waals surface area contributed by atoms with Crippen LogP contribution in [0.4, 0.5) is 5.69 Å². The summed E-state index contributed by atoms with van der Waals surface area (Å²) in [6, 6.07) is 17.5. The van der Waals surface area contributed by atoms with Crippen molar-refractivity contribution in [2.24, 2.45) is 0 Å². The molecule has 0 saturated carbocycles. The van der Waals surface area contributed by atoms with Gasteiger partial charge in [0.15, 0.2) is 0 Å². The molecule has 0 aliphatic carbocycles. The lowest BCUT2D eigenvalue weighted by Gasteiger charge is -2.31. The number of nitrogens with zero attached hydrogens (tertiary/aromatic N) is 1. The van der Waals surface area contributed by atoms with Gasteiger partial charge in [-0.1, -0.05) is 68.3 Å². The molecule has 0 saturated heterocycles. The van der Waals surface area contributed by atoms with E-state index in [-0.39, 0.29) is 0 Å². The van der Waals surface area contributed by atoms with Gasteiger partial charge in [0, 0.05) is 28.1 Å². The van der Waals surface area contributed by atoms with Crippen LogP contribution in [-0.2, 0) is 11.9 Å². The van der Waals surface area contributed by atoms with Crippen LogP contribution in [0.1, 0.15) is 25.0 Å². The average molecular weight is 397 g/mol. The molecular formula is C17H19Br2N. The largest absolute Gasteiger partial charge is 0.364 e. The Balaban J connectivity index is 2.36.